The fraction of sp³-hybridized carbons (Fsp3) is 0.222. The Morgan fingerprint density at radius 2 is 1.96 bits per heavy atom. The van der Waals surface area contributed by atoms with Crippen LogP contribution in [0.15, 0.2) is 42.6 Å². The van der Waals surface area contributed by atoms with Crippen molar-refractivity contribution in [3.05, 3.63) is 53.9 Å². The first-order valence-corrected chi connectivity index (χ1v) is 7.30. The standard InChI is InChI=1S/C18H21N3O2/c1-18(2,3)21(17(22)23)16-9-10-20-15(12-16)8-7-13-5-4-6-14(19)11-13/h4-12H,19H2,1-3H3,(H,22,23). The maximum Gasteiger partial charge on any atom is 0.412 e. The summed E-state index contributed by atoms with van der Waals surface area (Å²) in [6, 6.07) is 10.9. The van der Waals surface area contributed by atoms with Gasteiger partial charge in [0.25, 0.3) is 0 Å². The Balaban J connectivity index is 2.31. The van der Waals surface area contributed by atoms with Gasteiger partial charge < -0.3 is 10.8 Å². The van der Waals surface area contributed by atoms with E-state index >= 15 is 0 Å². The van der Waals surface area contributed by atoms with E-state index in [2.05, 4.69) is 4.98 Å². The molecule has 0 saturated carbocycles. The zero-order valence-electron chi connectivity index (χ0n) is 13.5. The highest BCUT2D eigenvalue weighted by molar-refractivity contribution is 5.88. The number of nitrogens with zero attached hydrogens (tertiary/aromatic N) is 2. The fourth-order valence-corrected chi connectivity index (χ4v) is 2.30. The van der Waals surface area contributed by atoms with Crippen molar-refractivity contribution in [2.45, 2.75) is 26.3 Å². The number of anilines is 2. The molecule has 3 N–H and O–H groups in total. The molecule has 1 amide bonds. The summed E-state index contributed by atoms with van der Waals surface area (Å²) in [7, 11) is 0. The third-order valence-corrected chi connectivity index (χ3v) is 3.24. The summed E-state index contributed by atoms with van der Waals surface area (Å²) in [6.45, 7) is 5.55. The summed E-state index contributed by atoms with van der Waals surface area (Å²) in [5.74, 6) is 0. The second kappa shape index (κ2) is 6.52. The molecular weight excluding hydrogens is 290 g/mol. The Labute approximate surface area is 136 Å². The second-order valence-electron chi connectivity index (χ2n) is 6.23. The van der Waals surface area contributed by atoms with Gasteiger partial charge in [-0.25, -0.2) is 4.79 Å². The Morgan fingerprint density at radius 1 is 1.22 bits per heavy atom. The molecule has 1 aromatic carbocycles. The summed E-state index contributed by atoms with van der Waals surface area (Å²) < 4.78 is 0. The lowest BCUT2D eigenvalue weighted by molar-refractivity contribution is 0.195. The molecule has 23 heavy (non-hydrogen) atoms. The van der Waals surface area contributed by atoms with Crippen molar-refractivity contribution in [2.75, 3.05) is 10.6 Å². The van der Waals surface area contributed by atoms with E-state index in [1.165, 1.54) is 4.90 Å². The van der Waals surface area contributed by atoms with Crippen LogP contribution in [0.2, 0.25) is 0 Å². The highest BCUT2D eigenvalue weighted by Crippen LogP contribution is 2.24. The van der Waals surface area contributed by atoms with Gasteiger partial charge in [-0.1, -0.05) is 18.2 Å². The first-order valence-electron chi connectivity index (χ1n) is 7.30. The van der Waals surface area contributed by atoms with Crippen LogP contribution in [0.1, 0.15) is 32.0 Å². The van der Waals surface area contributed by atoms with Crippen molar-refractivity contribution in [1.29, 1.82) is 0 Å². The predicted molar refractivity (Wildman–Crippen MR) is 94.3 cm³/mol. The van der Waals surface area contributed by atoms with Gasteiger partial charge in [0.2, 0.25) is 0 Å². The van der Waals surface area contributed by atoms with Crippen LogP contribution >= 0.6 is 0 Å². The summed E-state index contributed by atoms with van der Waals surface area (Å²) in [6.07, 6.45) is 4.34. The molecule has 0 spiro atoms. The molecule has 0 bridgehead atoms. The number of hydrogen-bond donors (Lipinski definition) is 2. The Morgan fingerprint density at radius 3 is 2.57 bits per heavy atom. The lowest BCUT2D eigenvalue weighted by Gasteiger charge is -2.33. The molecule has 120 valence electrons. The van der Waals surface area contributed by atoms with Gasteiger partial charge in [0.1, 0.15) is 0 Å². The van der Waals surface area contributed by atoms with Gasteiger partial charge >= 0.3 is 6.09 Å². The molecule has 5 nitrogen and oxygen atoms in total. The minimum Gasteiger partial charge on any atom is -0.465 e. The lowest BCUT2D eigenvalue weighted by Crippen LogP contribution is -2.45. The lowest BCUT2D eigenvalue weighted by atomic mass is 10.1. The first kappa shape index (κ1) is 16.5. The van der Waals surface area contributed by atoms with Crippen LogP contribution in [0.4, 0.5) is 16.2 Å². The topological polar surface area (TPSA) is 79.5 Å². The monoisotopic (exact) mass is 311 g/mol. The van der Waals surface area contributed by atoms with E-state index in [1.54, 1.807) is 18.3 Å². The number of aromatic nitrogens is 1. The fourth-order valence-electron chi connectivity index (χ4n) is 2.30. The molecule has 0 atom stereocenters. The van der Waals surface area contributed by atoms with Crippen LogP contribution in [0.25, 0.3) is 12.2 Å². The highest BCUT2D eigenvalue weighted by atomic mass is 16.4. The Hall–Kier alpha value is -2.82. The third kappa shape index (κ3) is 4.32. The van der Waals surface area contributed by atoms with Crippen molar-refractivity contribution in [3.63, 3.8) is 0 Å². The maximum absolute atomic E-state index is 11.5. The highest BCUT2D eigenvalue weighted by Gasteiger charge is 2.27. The van der Waals surface area contributed by atoms with Crippen LogP contribution < -0.4 is 10.6 Å². The Kier molecular flexibility index (Phi) is 4.69. The number of nitrogens with two attached hydrogens (primary N) is 1. The summed E-state index contributed by atoms with van der Waals surface area (Å²) >= 11 is 0. The van der Waals surface area contributed by atoms with Gasteiger partial charge in [-0.3, -0.25) is 9.88 Å². The van der Waals surface area contributed by atoms with E-state index in [0.29, 0.717) is 17.1 Å². The molecule has 0 unspecified atom stereocenters. The van der Waals surface area contributed by atoms with E-state index in [0.717, 1.165) is 5.56 Å². The van der Waals surface area contributed by atoms with Crippen molar-refractivity contribution >= 4 is 29.6 Å². The van der Waals surface area contributed by atoms with E-state index < -0.39 is 11.6 Å². The minimum atomic E-state index is -0.991. The number of hydrogen-bond acceptors (Lipinski definition) is 3. The normalized spacial score (nSPS) is 11.6. The third-order valence-electron chi connectivity index (χ3n) is 3.24. The number of carboxylic acid groups (broad SMARTS) is 1. The molecule has 0 aliphatic rings. The van der Waals surface area contributed by atoms with Crippen LogP contribution in [0.3, 0.4) is 0 Å². The molecule has 0 saturated heterocycles. The number of amides is 1. The first-order chi connectivity index (χ1) is 10.8. The van der Waals surface area contributed by atoms with Crippen molar-refractivity contribution in [3.8, 4) is 0 Å². The molecule has 2 rings (SSSR count). The van der Waals surface area contributed by atoms with Crippen LogP contribution in [0, 0.1) is 0 Å². The van der Waals surface area contributed by atoms with E-state index in [1.807, 2.05) is 57.2 Å². The minimum absolute atomic E-state index is 0.540. The quantitative estimate of drug-likeness (QED) is 0.836. The van der Waals surface area contributed by atoms with Gasteiger partial charge in [0.05, 0.1) is 11.4 Å². The smallest absolute Gasteiger partial charge is 0.412 e. The van der Waals surface area contributed by atoms with Gasteiger partial charge in [-0.15, -0.1) is 0 Å². The summed E-state index contributed by atoms with van der Waals surface area (Å²) in [5.41, 5.74) is 8.14. The van der Waals surface area contributed by atoms with Crippen LogP contribution in [0.5, 0.6) is 0 Å². The SMILES string of the molecule is CC(C)(C)N(C(=O)O)c1ccnc(C=Cc2cccc(N)c2)c1. The zero-order chi connectivity index (χ0) is 17.0. The van der Waals surface area contributed by atoms with Crippen LogP contribution in [-0.4, -0.2) is 21.7 Å². The van der Waals surface area contributed by atoms with Gasteiger partial charge in [0, 0.05) is 17.4 Å². The average Bonchev–Trinajstić information content (AvgIpc) is 2.44. The molecular formula is C18H21N3O2. The van der Waals surface area contributed by atoms with Gasteiger partial charge in [0.15, 0.2) is 0 Å². The van der Waals surface area contributed by atoms with Crippen molar-refractivity contribution in [2.24, 2.45) is 0 Å². The molecule has 1 heterocycles. The number of pyridine rings is 1. The van der Waals surface area contributed by atoms with Gasteiger partial charge in [-0.05, 0) is 56.7 Å². The second-order valence-corrected chi connectivity index (χ2v) is 6.23. The van der Waals surface area contributed by atoms with Crippen molar-refractivity contribution in [1.82, 2.24) is 4.98 Å². The number of nitrogen functional groups attached to an aromatic ring is 1. The molecule has 1 aromatic heterocycles. The summed E-state index contributed by atoms with van der Waals surface area (Å²) in [4.78, 5) is 17.1. The average molecular weight is 311 g/mol. The number of rotatable bonds is 3. The number of benzene rings is 1. The molecule has 0 aliphatic heterocycles. The molecule has 0 aliphatic carbocycles. The van der Waals surface area contributed by atoms with Crippen LogP contribution in [-0.2, 0) is 0 Å². The van der Waals surface area contributed by atoms with E-state index in [-0.39, 0.29) is 0 Å². The summed E-state index contributed by atoms with van der Waals surface area (Å²) in [5, 5.41) is 9.47. The zero-order valence-corrected chi connectivity index (χ0v) is 13.5. The number of carbonyl (C=O) groups is 1. The van der Waals surface area contributed by atoms with Crippen molar-refractivity contribution < 1.29 is 9.90 Å². The predicted octanol–water partition coefficient (Wildman–Crippen LogP) is 4.12. The van der Waals surface area contributed by atoms with E-state index in [9.17, 15) is 9.90 Å². The largest absolute Gasteiger partial charge is 0.465 e. The Bertz CT molecular complexity index is 733. The molecule has 0 fully saturated rings. The van der Waals surface area contributed by atoms with Gasteiger partial charge in [-0.2, -0.15) is 0 Å². The molecule has 0 radical (unpaired) electrons. The molecule has 5 heteroatoms. The van der Waals surface area contributed by atoms with E-state index in [4.69, 9.17) is 5.73 Å². The maximum atomic E-state index is 11.5. The molecule has 2 aromatic rings.